The van der Waals surface area contributed by atoms with E-state index in [1.807, 2.05) is 4.90 Å². The molecule has 0 bridgehead atoms. The summed E-state index contributed by atoms with van der Waals surface area (Å²) < 4.78 is 1.22. The van der Waals surface area contributed by atoms with Crippen molar-refractivity contribution in [1.29, 1.82) is 0 Å². The van der Waals surface area contributed by atoms with E-state index in [1.54, 1.807) is 6.92 Å². The summed E-state index contributed by atoms with van der Waals surface area (Å²) in [5.41, 5.74) is 1.24. The number of rotatable bonds is 6. The third-order valence-corrected chi connectivity index (χ3v) is 4.67. The molecule has 0 aliphatic carbocycles. The molecule has 1 unspecified atom stereocenters. The third kappa shape index (κ3) is 5.26. The standard InChI is InChI=1S/C17H23IN2O2/c1-13(17(22)20-11-2-3-12-20)19-16(21)6-4-5-14-7-9-15(18)10-8-14/h7-10,13H,2-6,11-12H2,1H3,(H,19,21). The molecule has 1 saturated heterocycles. The molecule has 0 aromatic heterocycles. The zero-order valence-corrected chi connectivity index (χ0v) is 15.1. The van der Waals surface area contributed by atoms with Crippen LogP contribution in [-0.2, 0) is 16.0 Å². The van der Waals surface area contributed by atoms with E-state index in [4.69, 9.17) is 0 Å². The maximum atomic E-state index is 12.1. The van der Waals surface area contributed by atoms with Crippen LogP contribution in [-0.4, -0.2) is 35.8 Å². The average Bonchev–Trinajstić information content (AvgIpc) is 3.02. The fourth-order valence-electron chi connectivity index (χ4n) is 2.69. The van der Waals surface area contributed by atoms with Crippen molar-refractivity contribution in [3.63, 3.8) is 0 Å². The first-order valence-electron chi connectivity index (χ1n) is 7.89. The molecule has 0 spiro atoms. The summed E-state index contributed by atoms with van der Waals surface area (Å²) in [6, 6.07) is 7.93. The minimum atomic E-state index is -0.413. The molecule has 5 heteroatoms. The Morgan fingerprint density at radius 1 is 1.23 bits per heavy atom. The van der Waals surface area contributed by atoms with Gasteiger partial charge in [-0.2, -0.15) is 0 Å². The van der Waals surface area contributed by atoms with Gasteiger partial charge in [0.2, 0.25) is 11.8 Å². The van der Waals surface area contributed by atoms with Crippen LogP contribution in [0.2, 0.25) is 0 Å². The monoisotopic (exact) mass is 414 g/mol. The van der Waals surface area contributed by atoms with Crippen molar-refractivity contribution in [2.75, 3.05) is 13.1 Å². The van der Waals surface area contributed by atoms with Gasteiger partial charge in [-0.15, -0.1) is 0 Å². The van der Waals surface area contributed by atoms with Crippen molar-refractivity contribution < 1.29 is 9.59 Å². The second-order valence-electron chi connectivity index (χ2n) is 5.80. The summed E-state index contributed by atoms with van der Waals surface area (Å²) in [6.45, 7) is 3.43. The summed E-state index contributed by atoms with van der Waals surface area (Å²) in [6.07, 6.45) is 4.30. The van der Waals surface area contributed by atoms with Gasteiger partial charge in [-0.25, -0.2) is 0 Å². The van der Waals surface area contributed by atoms with Crippen LogP contribution in [0.15, 0.2) is 24.3 Å². The molecule has 2 rings (SSSR count). The van der Waals surface area contributed by atoms with Gasteiger partial charge in [0.15, 0.2) is 0 Å². The first-order valence-corrected chi connectivity index (χ1v) is 8.97. The topological polar surface area (TPSA) is 49.4 Å². The number of carbonyl (C=O) groups is 2. The fraction of sp³-hybridized carbons (Fsp3) is 0.529. The fourth-order valence-corrected chi connectivity index (χ4v) is 3.05. The molecule has 22 heavy (non-hydrogen) atoms. The highest BCUT2D eigenvalue weighted by molar-refractivity contribution is 14.1. The van der Waals surface area contributed by atoms with Gasteiger partial charge in [0, 0.05) is 23.1 Å². The molecule has 1 aromatic carbocycles. The molecular weight excluding hydrogens is 391 g/mol. The van der Waals surface area contributed by atoms with E-state index in [2.05, 4.69) is 52.2 Å². The Morgan fingerprint density at radius 3 is 2.50 bits per heavy atom. The summed E-state index contributed by atoms with van der Waals surface area (Å²) in [7, 11) is 0. The second-order valence-corrected chi connectivity index (χ2v) is 7.05. The molecule has 1 atom stereocenters. The lowest BCUT2D eigenvalue weighted by molar-refractivity contribution is -0.135. The molecule has 1 heterocycles. The summed E-state index contributed by atoms with van der Waals surface area (Å²) in [5.74, 6) is 0.00837. The van der Waals surface area contributed by atoms with E-state index >= 15 is 0 Å². The van der Waals surface area contributed by atoms with Crippen molar-refractivity contribution in [3.05, 3.63) is 33.4 Å². The van der Waals surface area contributed by atoms with Crippen LogP contribution in [0.25, 0.3) is 0 Å². The maximum absolute atomic E-state index is 12.1. The highest BCUT2D eigenvalue weighted by Crippen LogP contribution is 2.11. The third-order valence-electron chi connectivity index (χ3n) is 3.95. The molecule has 0 saturated carbocycles. The predicted molar refractivity (Wildman–Crippen MR) is 95.5 cm³/mol. The number of nitrogens with one attached hydrogen (secondary N) is 1. The highest BCUT2D eigenvalue weighted by Gasteiger charge is 2.23. The number of carbonyl (C=O) groups excluding carboxylic acids is 2. The van der Waals surface area contributed by atoms with Crippen LogP contribution in [0.1, 0.15) is 38.2 Å². The number of likely N-dealkylation sites (tertiary alicyclic amines) is 1. The Morgan fingerprint density at radius 2 is 1.86 bits per heavy atom. The second kappa shape index (κ2) is 8.50. The number of hydrogen-bond acceptors (Lipinski definition) is 2. The number of nitrogens with zero attached hydrogens (tertiary/aromatic N) is 1. The van der Waals surface area contributed by atoms with Crippen LogP contribution in [0.4, 0.5) is 0 Å². The number of halogens is 1. The molecule has 1 fully saturated rings. The Kier molecular flexibility index (Phi) is 6.67. The van der Waals surface area contributed by atoms with E-state index in [9.17, 15) is 9.59 Å². The predicted octanol–water partition coefficient (Wildman–Crippen LogP) is 2.74. The normalized spacial score (nSPS) is 15.6. The first-order chi connectivity index (χ1) is 10.6. The highest BCUT2D eigenvalue weighted by atomic mass is 127. The molecule has 2 amide bonds. The van der Waals surface area contributed by atoms with Gasteiger partial charge >= 0.3 is 0 Å². The van der Waals surface area contributed by atoms with E-state index in [-0.39, 0.29) is 11.8 Å². The van der Waals surface area contributed by atoms with Crippen LogP contribution in [0.3, 0.4) is 0 Å². The number of aryl methyl sites for hydroxylation is 1. The van der Waals surface area contributed by atoms with Crippen molar-refractivity contribution in [1.82, 2.24) is 10.2 Å². The molecule has 0 radical (unpaired) electrons. The van der Waals surface area contributed by atoms with Gasteiger partial charge in [0.1, 0.15) is 6.04 Å². The largest absolute Gasteiger partial charge is 0.345 e. The Labute approximate surface area is 145 Å². The lowest BCUT2D eigenvalue weighted by Gasteiger charge is -2.21. The van der Waals surface area contributed by atoms with Gasteiger partial charge in [-0.3, -0.25) is 9.59 Å². The van der Waals surface area contributed by atoms with E-state index in [1.165, 1.54) is 9.13 Å². The van der Waals surface area contributed by atoms with Crippen LogP contribution < -0.4 is 5.32 Å². The van der Waals surface area contributed by atoms with Gasteiger partial charge in [0.05, 0.1) is 0 Å². The Hall–Kier alpha value is -1.11. The lowest BCUT2D eigenvalue weighted by atomic mass is 10.1. The first kappa shape index (κ1) is 17.2. The number of hydrogen-bond donors (Lipinski definition) is 1. The van der Waals surface area contributed by atoms with E-state index in [0.717, 1.165) is 38.8 Å². The molecule has 1 aliphatic heterocycles. The average molecular weight is 414 g/mol. The lowest BCUT2D eigenvalue weighted by Crippen LogP contribution is -2.45. The molecule has 1 aliphatic rings. The summed E-state index contributed by atoms with van der Waals surface area (Å²) in [4.78, 5) is 25.9. The van der Waals surface area contributed by atoms with Crippen LogP contribution >= 0.6 is 22.6 Å². The zero-order chi connectivity index (χ0) is 15.9. The van der Waals surface area contributed by atoms with Crippen molar-refractivity contribution in [2.24, 2.45) is 0 Å². The van der Waals surface area contributed by atoms with Crippen molar-refractivity contribution in [3.8, 4) is 0 Å². The maximum Gasteiger partial charge on any atom is 0.244 e. The van der Waals surface area contributed by atoms with Crippen LogP contribution in [0.5, 0.6) is 0 Å². The Balaban J connectivity index is 1.68. The van der Waals surface area contributed by atoms with Gasteiger partial charge in [-0.05, 0) is 72.9 Å². The SMILES string of the molecule is CC(NC(=O)CCCc1ccc(I)cc1)C(=O)N1CCCC1. The smallest absolute Gasteiger partial charge is 0.244 e. The minimum absolute atomic E-state index is 0.0365. The Bertz CT molecular complexity index is 510. The van der Waals surface area contributed by atoms with Crippen molar-refractivity contribution >= 4 is 34.4 Å². The minimum Gasteiger partial charge on any atom is -0.345 e. The van der Waals surface area contributed by atoms with Crippen molar-refractivity contribution in [2.45, 2.75) is 45.1 Å². The molecule has 1 aromatic rings. The van der Waals surface area contributed by atoms with Gasteiger partial charge < -0.3 is 10.2 Å². The molecule has 1 N–H and O–H groups in total. The zero-order valence-electron chi connectivity index (χ0n) is 13.0. The summed E-state index contributed by atoms with van der Waals surface area (Å²) in [5, 5.41) is 2.82. The quantitative estimate of drug-likeness (QED) is 0.728. The molecule has 120 valence electrons. The number of benzene rings is 1. The van der Waals surface area contributed by atoms with Crippen LogP contribution in [0, 0.1) is 3.57 Å². The van der Waals surface area contributed by atoms with E-state index < -0.39 is 6.04 Å². The van der Waals surface area contributed by atoms with Gasteiger partial charge in [0.25, 0.3) is 0 Å². The van der Waals surface area contributed by atoms with Gasteiger partial charge in [-0.1, -0.05) is 12.1 Å². The van der Waals surface area contributed by atoms with E-state index in [0.29, 0.717) is 6.42 Å². The molecular formula is C17H23IN2O2. The molecule has 4 nitrogen and oxygen atoms in total. The summed E-state index contributed by atoms with van der Waals surface area (Å²) >= 11 is 2.28. The number of amides is 2.